The van der Waals surface area contributed by atoms with E-state index in [0.29, 0.717) is 29.1 Å². The highest BCUT2D eigenvalue weighted by Crippen LogP contribution is 2.36. The van der Waals surface area contributed by atoms with Gasteiger partial charge >= 0.3 is 0 Å². The number of nitrogens with zero attached hydrogens (tertiary/aromatic N) is 1. The summed E-state index contributed by atoms with van der Waals surface area (Å²) in [6.45, 7) is 2.85. The summed E-state index contributed by atoms with van der Waals surface area (Å²) in [6, 6.07) is 26.1. The van der Waals surface area contributed by atoms with Gasteiger partial charge in [0.15, 0.2) is 0 Å². The number of rotatable bonds is 7. The van der Waals surface area contributed by atoms with Gasteiger partial charge in [-0.25, -0.2) is 4.98 Å². The largest absolute Gasteiger partial charge is 0.507 e. The van der Waals surface area contributed by atoms with E-state index in [0.717, 1.165) is 29.7 Å². The number of phenolic OH excluding ortho intramolecular Hbond substituents is 2. The lowest BCUT2D eigenvalue weighted by Gasteiger charge is -2.12. The lowest BCUT2D eigenvalue weighted by Crippen LogP contribution is -1.96. The van der Waals surface area contributed by atoms with Crippen molar-refractivity contribution in [3.63, 3.8) is 0 Å². The molecule has 4 heteroatoms. The molecule has 0 amide bonds. The first-order chi connectivity index (χ1) is 15.2. The highest BCUT2D eigenvalue weighted by atomic mass is 16.5. The number of para-hydroxylation sites is 2. The Hall–Kier alpha value is -3.79. The van der Waals surface area contributed by atoms with Crippen LogP contribution in [0.5, 0.6) is 17.2 Å². The molecule has 4 nitrogen and oxygen atoms in total. The maximum absolute atomic E-state index is 10.4. The molecule has 156 valence electrons. The van der Waals surface area contributed by atoms with Gasteiger partial charge in [0, 0.05) is 11.1 Å². The zero-order valence-corrected chi connectivity index (χ0v) is 17.5. The number of aromatic hydroxyl groups is 2. The van der Waals surface area contributed by atoms with Crippen LogP contribution in [0.25, 0.3) is 33.6 Å². The van der Waals surface area contributed by atoms with Gasteiger partial charge in [-0.3, -0.25) is 0 Å². The van der Waals surface area contributed by atoms with Crippen molar-refractivity contribution in [1.82, 2.24) is 4.98 Å². The number of aromatic nitrogens is 1. The molecule has 2 N–H and O–H groups in total. The van der Waals surface area contributed by atoms with Crippen LogP contribution in [0.4, 0.5) is 0 Å². The van der Waals surface area contributed by atoms with Gasteiger partial charge in [0.05, 0.1) is 18.0 Å². The van der Waals surface area contributed by atoms with E-state index in [2.05, 4.69) is 6.92 Å². The standard InChI is InChI=1S/C27H25NO3/c1-2-3-16-31-21-14-12-19(13-15-21)20-17-24(22-8-4-6-10-26(22)29)28-25(18-20)23-9-5-7-11-27(23)30/h4-15,17-18,29-30H,2-3,16H2,1H3. The molecule has 1 heterocycles. The van der Waals surface area contributed by atoms with Crippen molar-refractivity contribution in [2.45, 2.75) is 19.8 Å². The average Bonchev–Trinajstić information content (AvgIpc) is 2.80. The molecule has 0 saturated carbocycles. The summed E-state index contributed by atoms with van der Waals surface area (Å²) in [4.78, 5) is 4.74. The number of pyridine rings is 1. The van der Waals surface area contributed by atoms with Gasteiger partial charge in [0.2, 0.25) is 0 Å². The molecule has 31 heavy (non-hydrogen) atoms. The second-order valence-corrected chi connectivity index (χ2v) is 7.39. The summed E-state index contributed by atoms with van der Waals surface area (Å²) in [5, 5.41) is 20.7. The maximum Gasteiger partial charge on any atom is 0.124 e. The molecule has 1 aromatic heterocycles. The van der Waals surface area contributed by atoms with Gasteiger partial charge < -0.3 is 14.9 Å². The number of hydrogen-bond donors (Lipinski definition) is 2. The average molecular weight is 412 g/mol. The Kier molecular flexibility index (Phi) is 6.18. The van der Waals surface area contributed by atoms with Gasteiger partial charge in [-0.15, -0.1) is 0 Å². The number of benzene rings is 3. The van der Waals surface area contributed by atoms with Crippen molar-refractivity contribution in [2.24, 2.45) is 0 Å². The van der Waals surface area contributed by atoms with E-state index in [1.807, 2.05) is 60.7 Å². The van der Waals surface area contributed by atoms with Crippen molar-refractivity contribution in [1.29, 1.82) is 0 Å². The molecule has 0 unspecified atom stereocenters. The highest BCUT2D eigenvalue weighted by molar-refractivity contribution is 5.80. The number of ether oxygens (including phenoxy) is 1. The SMILES string of the molecule is CCCCOc1ccc(-c2cc(-c3ccccc3O)nc(-c3ccccc3O)c2)cc1. The minimum atomic E-state index is 0.162. The van der Waals surface area contributed by atoms with E-state index in [4.69, 9.17) is 9.72 Å². The Bertz CT molecular complexity index is 1110. The van der Waals surface area contributed by atoms with Crippen LogP contribution < -0.4 is 4.74 Å². The quantitative estimate of drug-likeness (QED) is 0.333. The predicted molar refractivity (Wildman–Crippen MR) is 124 cm³/mol. The van der Waals surface area contributed by atoms with Crippen LogP contribution in [-0.4, -0.2) is 21.8 Å². The molecule has 0 spiro atoms. The third-order valence-corrected chi connectivity index (χ3v) is 5.14. The fraction of sp³-hybridized carbons (Fsp3) is 0.148. The van der Waals surface area contributed by atoms with E-state index < -0.39 is 0 Å². The van der Waals surface area contributed by atoms with Crippen LogP contribution >= 0.6 is 0 Å². The monoisotopic (exact) mass is 411 g/mol. The van der Waals surface area contributed by atoms with Gasteiger partial charge in [-0.2, -0.15) is 0 Å². The summed E-state index contributed by atoms with van der Waals surface area (Å²) in [5.41, 5.74) is 4.49. The van der Waals surface area contributed by atoms with Gasteiger partial charge in [0.1, 0.15) is 17.2 Å². The fourth-order valence-corrected chi connectivity index (χ4v) is 3.43. The molecule has 0 fully saturated rings. The van der Waals surface area contributed by atoms with E-state index in [9.17, 15) is 10.2 Å². The molecule has 0 aliphatic heterocycles. The Morgan fingerprint density at radius 3 is 1.77 bits per heavy atom. The lowest BCUT2D eigenvalue weighted by molar-refractivity contribution is 0.309. The topological polar surface area (TPSA) is 62.6 Å². The molecular weight excluding hydrogens is 386 g/mol. The smallest absolute Gasteiger partial charge is 0.124 e. The van der Waals surface area contributed by atoms with E-state index in [1.165, 1.54) is 0 Å². The normalized spacial score (nSPS) is 10.7. The zero-order valence-electron chi connectivity index (χ0n) is 17.5. The lowest BCUT2D eigenvalue weighted by atomic mass is 9.99. The Morgan fingerprint density at radius 2 is 1.26 bits per heavy atom. The molecular formula is C27H25NO3. The van der Waals surface area contributed by atoms with E-state index in [1.54, 1.807) is 24.3 Å². The molecule has 3 aromatic carbocycles. The second kappa shape index (κ2) is 9.35. The predicted octanol–water partition coefficient (Wildman–Crippen LogP) is 6.67. The van der Waals surface area contributed by atoms with Crippen LogP contribution in [0.1, 0.15) is 19.8 Å². The van der Waals surface area contributed by atoms with Crippen LogP contribution in [0.15, 0.2) is 84.9 Å². The minimum absolute atomic E-state index is 0.162. The summed E-state index contributed by atoms with van der Waals surface area (Å²) in [6.07, 6.45) is 2.12. The fourth-order valence-electron chi connectivity index (χ4n) is 3.43. The Balaban J connectivity index is 1.79. The molecule has 0 radical (unpaired) electrons. The first-order valence-electron chi connectivity index (χ1n) is 10.5. The number of unbranched alkanes of at least 4 members (excludes halogenated alkanes) is 1. The van der Waals surface area contributed by atoms with Crippen LogP contribution in [0.3, 0.4) is 0 Å². The molecule has 0 aliphatic carbocycles. The minimum Gasteiger partial charge on any atom is -0.507 e. The Morgan fingerprint density at radius 1 is 0.710 bits per heavy atom. The summed E-state index contributed by atoms with van der Waals surface area (Å²) in [5.74, 6) is 1.17. The first kappa shape index (κ1) is 20.5. The maximum atomic E-state index is 10.4. The van der Waals surface area contributed by atoms with Gasteiger partial charge in [-0.05, 0) is 66.1 Å². The van der Waals surface area contributed by atoms with Crippen molar-refractivity contribution < 1.29 is 14.9 Å². The molecule has 0 atom stereocenters. The summed E-state index contributed by atoms with van der Waals surface area (Å²) in [7, 11) is 0. The molecule has 4 rings (SSSR count). The zero-order chi connectivity index (χ0) is 21.6. The van der Waals surface area contributed by atoms with E-state index in [-0.39, 0.29) is 11.5 Å². The van der Waals surface area contributed by atoms with Crippen LogP contribution in [0.2, 0.25) is 0 Å². The number of hydrogen-bond acceptors (Lipinski definition) is 4. The molecule has 0 saturated heterocycles. The summed E-state index contributed by atoms with van der Waals surface area (Å²) >= 11 is 0. The summed E-state index contributed by atoms with van der Waals surface area (Å²) < 4.78 is 5.78. The van der Waals surface area contributed by atoms with Crippen LogP contribution in [-0.2, 0) is 0 Å². The van der Waals surface area contributed by atoms with Crippen molar-refractivity contribution in [2.75, 3.05) is 6.61 Å². The number of phenols is 2. The Labute approximate surface area is 182 Å². The third kappa shape index (κ3) is 4.69. The molecule has 0 aliphatic rings. The van der Waals surface area contributed by atoms with Crippen LogP contribution in [0, 0.1) is 0 Å². The second-order valence-electron chi connectivity index (χ2n) is 7.39. The van der Waals surface area contributed by atoms with Crippen molar-refractivity contribution >= 4 is 0 Å². The van der Waals surface area contributed by atoms with Gasteiger partial charge in [0.25, 0.3) is 0 Å². The van der Waals surface area contributed by atoms with Gasteiger partial charge in [-0.1, -0.05) is 49.7 Å². The van der Waals surface area contributed by atoms with E-state index >= 15 is 0 Å². The third-order valence-electron chi connectivity index (χ3n) is 5.14. The molecule has 0 bridgehead atoms. The highest BCUT2D eigenvalue weighted by Gasteiger charge is 2.13. The first-order valence-corrected chi connectivity index (χ1v) is 10.5. The van der Waals surface area contributed by atoms with Crippen molar-refractivity contribution in [3.05, 3.63) is 84.9 Å². The molecule has 4 aromatic rings. The van der Waals surface area contributed by atoms with Crippen molar-refractivity contribution in [3.8, 4) is 50.9 Å².